The second kappa shape index (κ2) is 8.22. The van der Waals surface area contributed by atoms with E-state index in [1.807, 2.05) is 56.3 Å². The summed E-state index contributed by atoms with van der Waals surface area (Å²) in [6.45, 7) is 7.58. The maximum absolute atomic E-state index is 13.1. The highest BCUT2D eigenvalue weighted by atomic mass is 16.5. The molecule has 0 unspecified atom stereocenters. The van der Waals surface area contributed by atoms with E-state index in [1.165, 1.54) is 10.1 Å². The van der Waals surface area contributed by atoms with Crippen molar-refractivity contribution in [1.29, 1.82) is 0 Å². The summed E-state index contributed by atoms with van der Waals surface area (Å²) in [5.41, 5.74) is 3.78. The zero-order valence-electron chi connectivity index (χ0n) is 18.0. The Balaban J connectivity index is 1.71. The Labute approximate surface area is 179 Å². The van der Waals surface area contributed by atoms with Crippen LogP contribution in [0.25, 0.3) is 22.4 Å². The van der Waals surface area contributed by atoms with Gasteiger partial charge in [-0.3, -0.25) is 13.9 Å². The molecule has 2 aromatic carbocycles. The van der Waals surface area contributed by atoms with Crippen molar-refractivity contribution in [3.05, 3.63) is 64.4 Å². The van der Waals surface area contributed by atoms with E-state index < -0.39 is 0 Å². The second-order valence-corrected chi connectivity index (χ2v) is 7.77. The van der Waals surface area contributed by atoms with Gasteiger partial charge in [-0.15, -0.1) is 0 Å². The minimum atomic E-state index is -0.269. The molecule has 0 aliphatic heterocycles. The number of aryl methyl sites for hydroxylation is 2. The summed E-state index contributed by atoms with van der Waals surface area (Å²) < 4.78 is 8.25. The molecule has 0 fully saturated rings. The van der Waals surface area contributed by atoms with Gasteiger partial charge in [0.2, 0.25) is 17.6 Å². The van der Waals surface area contributed by atoms with Crippen LogP contribution in [0.4, 0.5) is 5.69 Å². The zero-order valence-corrected chi connectivity index (χ0v) is 18.0. The first-order valence-corrected chi connectivity index (χ1v) is 10.3. The monoisotopic (exact) mass is 419 g/mol. The van der Waals surface area contributed by atoms with Crippen LogP contribution in [0.3, 0.4) is 0 Å². The van der Waals surface area contributed by atoms with E-state index in [9.17, 15) is 9.59 Å². The molecule has 0 aliphatic rings. The van der Waals surface area contributed by atoms with E-state index in [2.05, 4.69) is 22.4 Å². The van der Waals surface area contributed by atoms with Crippen LogP contribution in [-0.4, -0.2) is 25.2 Å². The summed E-state index contributed by atoms with van der Waals surface area (Å²) in [6, 6.07) is 13.2. The lowest BCUT2D eigenvalue weighted by Gasteiger charge is -2.07. The van der Waals surface area contributed by atoms with Gasteiger partial charge in [0.25, 0.3) is 0 Å². The van der Waals surface area contributed by atoms with Crippen molar-refractivity contribution in [3.8, 4) is 11.4 Å². The molecule has 0 radical (unpaired) electrons. The Kier molecular flexibility index (Phi) is 5.46. The minimum absolute atomic E-state index is 0.0563. The van der Waals surface area contributed by atoms with Gasteiger partial charge in [0.05, 0.1) is 11.0 Å². The molecule has 2 heterocycles. The molecule has 0 saturated heterocycles. The van der Waals surface area contributed by atoms with Crippen LogP contribution >= 0.6 is 0 Å². The highest BCUT2D eigenvalue weighted by molar-refractivity contribution is 5.92. The lowest BCUT2D eigenvalue weighted by Crippen LogP contribution is -2.30. The van der Waals surface area contributed by atoms with Crippen LogP contribution in [0, 0.1) is 6.92 Å². The van der Waals surface area contributed by atoms with E-state index in [0.29, 0.717) is 22.9 Å². The number of amides is 1. The number of anilines is 1. The molecule has 2 aromatic heterocycles. The van der Waals surface area contributed by atoms with Crippen molar-refractivity contribution in [2.24, 2.45) is 0 Å². The standard InChI is InChI=1S/C23H25N5O3/c1-5-16-6-9-18(10-7-16)25-21(29)13-27-20-12-17(22-24-15(4)31-26-22)8-11-19(20)28(14(2)3)23(27)30/h6-12,14H,5,13H2,1-4H3,(H,25,29). The molecule has 4 aromatic rings. The number of fused-ring (bicyclic) bond motifs is 1. The fraction of sp³-hybridized carbons (Fsp3) is 0.304. The summed E-state index contributed by atoms with van der Waals surface area (Å²) in [4.78, 5) is 30.2. The summed E-state index contributed by atoms with van der Waals surface area (Å²) in [5, 5.41) is 6.83. The van der Waals surface area contributed by atoms with Gasteiger partial charge in [0.15, 0.2) is 0 Å². The fourth-order valence-electron chi connectivity index (χ4n) is 3.65. The molecule has 160 valence electrons. The molecule has 4 rings (SSSR count). The van der Waals surface area contributed by atoms with Crippen LogP contribution in [-0.2, 0) is 17.8 Å². The van der Waals surface area contributed by atoms with Crippen LogP contribution in [0.5, 0.6) is 0 Å². The van der Waals surface area contributed by atoms with Gasteiger partial charge < -0.3 is 9.84 Å². The quantitative estimate of drug-likeness (QED) is 0.511. The number of rotatable bonds is 6. The first-order chi connectivity index (χ1) is 14.9. The first kappa shape index (κ1) is 20.6. The number of carbonyl (C=O) groups is 1. The average Bonchev–Trinajstić information content (AvgIpc) is 3.29. The molecule has 0 atom stereocenters. The zero-order chi connectivity index (χ0) is 22.1. The van der Waals surface area contributed by atoms with Crippen molar-refractivity contribution in [3.63, 3.8) is 0 Å². The van der Waals surface area contributed by atoms with E-state index in [4.69, 9.17) is 4.52 Å². The molecule has 0 bridgehead atoms. The smallest absolute Gasteiger partial charge is 0.329 e. The van der Waals surface area contributed by atoms with Crippen LogP contribution in [0.2, 0.25) is 0 Å². The van der Waals surface area contributed by atoms with Crippen molar-refractivity contribution >= 4 is 22.6 Å². The van der Waals surface area contributed by atoms with Crippen molar-refractivity contribution in [2.45, 2.75) is 46.7 Å². The summed E-state index contributed by atoms with van der Waals surface area (Å²) in [6.07, 6.45) is 0.931. The number of imidazole rings is 1. The molecule has 8 nitrogen and oxygen atoms in total. The Bertz CT molecular complexity index is 1300. The predicted molar refractivity (Wildman–Crippen MR) is 119 cm³/mol. The number of nitrogens with one attached hydrogen (secondary N) is 1. The normalized spacial score (nSPS) is 11.4. The molecule has 1 amide bonds. The lowest BCUT2D eigenvalue weighted by atomic mass is 10.1. The highest BCUT2D eigenvalue weighted by Crippen LogP contribution is 2.24. The van der Waals surface area contributed by atoms with Gasteiger partial charge >= 0.3 is 5.69 Å². The van der Waals surface area contributed by atoms with Gasteiger partial charge in [0, 0.05) is 24.2 Å². The minimum Gasteiger partial charge on any atom is -0.339 e. The molecule has 1 N–H and O–H groups in total. The third kappa shape index (κ3) is 4.01. The molecule has 31 heavy (non-hydrogen) atoms. The van der Waals surface area contributed by atoms with Crippen LogP contribution in [0.15, 0.2) is 51.8 Å². The topological polar surface area (TPSA) is 95.0 Å². The SMILES string of the molecule is CCc1ccc(NC(=O)Cn2c(=O)n(C(C)C)c3ccc(-c4noc(C)n4)cc32)cc1. The Morgan fingerprint density at radius 2 is 1.87 bits per heavy atom. The number of aromatic nitrogens is 4. The molecule has 0 aliphatic carbocycles. The molecular weight excluding hydrogens is 394 g/mol. The first-order valence-electron chi connectivity index (χ1n) is 10.3. The van der Waals surface area contributed by atoms with Gasteiger partial charge in [-0.1, -0.05) is 24.2 Å². The Hall–Kier alpha value is -3.68. The average molecular weight is 419 g/mol. The Morgan fingerprint density at radius 1 is 1.13 bits per heavy atom. The number of hydrogen-bond acceptors (Lipinski definition) is 5. The van der Waals surface area contributed by atoms with Gasteiger partial charge in [0.1, 0.15) is 6.54 Å². The van der Waals surface area contributed by atoms with Crippen molar-refractivity contribution < 1.29 is 9.32 Å². The molecule has 0 saturated carbocycles. The number of carbonyl (C=O) groups excluding carboxylic acids is 1. The van der Waals surface area contributed by atoms with Crippen LogP contribution in [0.1, 0.15) is 38.3 Å². The highest BCUT2D eigenvalue weighted by Gasteiger charge is 2.19. The third-order valence-electron chi connectivity index (χ3n) is 5.21. The summed E-state index contributed by atoms with van der Waals surface area (Å²) in [5.74, 6) is 0.631. The Morgan fingerprint density at radius 3 is 2.48 bits per heavy atom. The summed E-state index contributed by atoms with van der Waals surface area (Å²) >= 11 is 0. The molecule has 0 spiro atoms. The lowest BCUT2D eigenvalue weighted by molar-refractivity contribution is -0.116. The van der Waals surface area contributed by atoms with Gasteiger partial charge in [-0.25, -0.2) is 4.79 Å². The fourth-order valence-corrected chi connectivity index (χ4v) is 3.65. The van der Waals surface area contributed by atoms with E-state index in [0.717, 1.165) is 17.5 Å². The summed E-state index contributed by atoms with van der Waals surface area (Å²) in [7, 11) is 0. The van der Waals surface area contributed by atoms with E-state index in [-0.39, 0.29) is 24.2 Å². The molecule has 8 heteroatoms. The van der Waals surface area contributed by atoms with Gasteiger partial charge in [-0.2, -0.15) is 4.98 Å². The number of nitrogens with zero attached hydrogens (tertiary/aromatic N) is 4. The number of benzene rings is 2. The van der Waals surface area contributed by atoms with Crippen molar-refractivity contribution in [2.75, 3.05) is 5.32 Å². The van der Waals surface area contributed by atoms with Gasteiger partial charge in [-0.05, 0) is 56.2 Å². The van der Waals surface area contributed by atoms with E-state index >= 15 is 0 Å². The second-order valence-electron chi connectivity index (χ2n) is 7.77. The largest absolute Gasteiger partial charge is 0.339 e. The third-order valence-corrected chi connectivity index (χ3v) is 5.21. The maximum Gasteiger partial charge on any atom is 0.329 e. The van der Waals surface area contributed by atoms with E-state index in [1.54, 1.807) is 11.5 Å². The maximum atomic E-state index is 13.1. The van der Waals surface area contributed by atoms with Crippen molar-refractivity contribution in [1.82, 2.24) is 19.3 Å². The molecular formula is C23H25N5O3. The number of hydrogen-bond donors (Lipinski definition) is 1. The van der Waals surface area contributed by atoms with Crippen LogP contribution < -0.4 is 11.0 Å². The predicted octanol–water partition coefficient (Wildman–Crippen LogP) is 3.94.